The van der Waals surface area contributed by atoms with Crippen LogP contribution in [0.5, 0.6) is 23.0 Å². The highest BCUT2D eigenvalue weighted by Gasteiger charge is 2.41. The topological polar surface area (TPSA) is 86.3 Å². The van der Waals surface area contributed by atoms with Gasteiger partial charge in [0, 0.05) is 18.2 Å². The zero-order valence-electron chi connectivity index (χ0n) is 20.8. The Hall–Kier alpha value is -4.20. The molecule has 0 aromatic heterocycles. The number of hydrogen-bond donors (Lipinski definition) is 1. The molecular formula is C28H30N2O6. The third-order valence-electron chi connectivity index (χ3n) is 6.41. The van der Waals surface area contributed by atoms with Crippen molar-refractivity contribution in [2.45, 2.75) is 18.9 Å². The Morgan fingerprint density at radius 1 is 0.806 bits per heavy atom. The standard InChI is InChI=1S/C28H30N2O6/c1-33-20-9-5-18(6-10-20)27-23(28(32)29-24-15-13-22(35-3)17-25(24)36-4)14-16-26(31)30(27)19-7-11-21(34-2)12-8-19/h5-13,15,17,23,27H,14,16H2,1-4H3,(H,29,32)/t23-,27+/m0/s1. The van der Waals surface area contributed by atoms with Crippen LogP contribution in [-0.4, -0.2) is 40.3 Å². The molecule has 2 atom stereocenters. The lowest BCUT2D eigenvalue weighted by atomic mass is 9.83. The highest BCUT2D eigenvalue weighted by atomic mass is 16.5. The molecule has 8 heteroatoms. The molecule has 1 N–H and O–H groups in total. The summed E-state index contributed by atoms with van der Waals surface area (Å²) < 4.78 is 21.3. The molecule has 1 aliphatic rings. The van der Waals surface area contributed by atoms with Gasteiger partial charge < -0.3 is 29.2 Å². The number of ether oxygens (including phenoxy) is 4. The van der Waals surface area contributed by atoms with E-state index in [2.05, 4.69) is 5.32 Å². The van der Waals surface area contributed by atoms with E-state index >= 15 is 0 Å². The molecule has 8 nitrogen and oxygen atoms in total. The molecule has 188 valence electrons. The van der Waals surface area contributed by atoms with Gasteiger partial charge in [-0.15, -0.1) is 0 Å². The summed E-state index contributed by atoms with van der Waals surface area (Å²) in [4.78, 5) is 28.7. The van der Waals surface area contributed by atoms with Crippen molar-refractivity contribution in [1.82, 2.24) is 0 Å². The van der Waals surface area contributed by atoms with Crippen LogP contribution in [0.25, 0.3) is 0 Å². The molecule has 1 heterocycles. The van der Waals surface area contributed by atoms with Gasteiger partial charge in [-0.3, -0.25) is 9.59 Å². The van der Waals surface area contributed by atoms with Gasteiger partial charge in [0.2, 0.25) is 11.8 Å². The Morgan fingerprint density at radius 2 is 1.39 bits per heavy atom. The van der Waals surface area contributed by atoms with Gasteiger partial charge in [0.05, 0.1) is 46.1 Å². The van der Waals surface area contributed by atoms with Crippen LogP contribution in [0.2, 0.25) is 0 Å². The number of amides is 2. The van der Waals surface area contributed by atoms with Crippen molar-refractivity contribution in [1.29, 1.82) is 0 Å². The fourth-order valence-corrected chi connectivity index (χ4v) is 4.52. The Kier molecular flexibility index (Phi) is 7.63. The van der Waals surface area contributed by atoms with E-state index in [1.54, 1.807) is 56.6 Å². The minimum Gasteiger partial charge on any atom is -0.497 e. The smallest absolute Gasteiger partial charge is 0.230 e. The van der Waals surface area contributed by atoms with Crippen molar-refractivity contribution >= 4 is 23.2 Å². The van der Waals surface area contributed by atoms with Crippen molar-refractivity contribution in [2.75, 3.05) is 38.7 Å². The largest absolute Gasteiger partial charge is 0.497 e. The monoisotopic (exact) mass is 490 g/mol. The summed E-state index contributed by atoms with van der Waals surface area (Å²) in [6.45, 7) is 0. The fraction of sp³-hybridized carbons (Fsp3) is 0.286. The van der Waals surface area contributed by atoms with Crippen LogP contribution in [-0.2, 0) is 9.59 Å². The summed E-state index contributed by atoms with van der Waals surface area (Å²) in [6, 6.07) is 19.4. The quantitative estimate of drug-likeness (QED) is 0.486. The molecule has 3 aromatic rings. The summed E-state index contributed by atoms with van der Waals surface area (Å²) in [6.07, 6.45) is 0.656. The average Bonchev–Trinajstić information content (AvgIpc) is 2.93. The molecule has 36 heavy (non-hydrogen) atoms. The number of carbonyl (C=O) groups is 2. The molecular weight excluding hydrogens is 460 g/mol. The van der Waals surface area contributed by atoms with Gasteiger partial charge in [0.1, 0.15) is 23.0 Å². The maximum Gasteiger partial charge on any atom is 0.230 e. The number of benzene rings is 3. The summed E-state index contributed by atoms with van der Waals surface area (Å²) in [5.41, 5.74) is 2.06. The first kappa shape index (κ1) is 24.9. The van der Waals surface area contributed by atoms with E-state index in [0.29, 0.717) is 40.8 Å². The van der Waals surface area contributed by atoms with Gasteiger partial charge in [-0.05, 0) is 60.5 Å². The van der Waals surface area contributed by atoms with E-state index in [1.807, 2.05) is 36.4 Å². The molecule has 0 unspecified atom stereocenters. The first-order chi connectivity index (χ1) is 17.5. The number of hydrogen-bond acceptors (Lipinski definition) is 6. The highest BCUT2D eigenvalue weighted by Crippen LogP contribution is 2.42. The van der Waals surface area contributed by atoms with Gasteiger partial charge in [0.25, 0.3) is 0 Å². The Labute approximate surface area is 210 Å². The van der Waals surface area contributed by atoms with Crippen LogP contribution in [0.1, 0.15) is 24.4 Å². The molecule has 0 bridgehead atoms. The van der Waals surface area contributed by atoms with Crippen molar-refractivity contribution in [3.8, 4) is 23.0 Å². The number of anilines is 2. The first-order valence-corrected chi connectivity index (χ1v) is 11.6. The van der Waals surface area contributed by atoms with Crippen molar-refractivity contribution in [2.24, 2.45) is 5.92 Å². The zero-order valence-corrected chi connectivity index (χ0v) is 20.8. The van der Waals surface area contributed by atoms with Crippen LogP contribution in [0.3, 0.4) is 0 Å². The lowest BCUT2D eigenvalue weighted by Gasteiger charge is -2.41. The second-order valence-corrected chi connectivity index (χ2v) is 8.38. The molecule has 0 radical (unpaired) electrons. The minimum atomic E-state index is -0.519. The highest BCUT2D eigenvalue weighted by molar-refractivity contribution is 6.00. The van der Waals surface area contributed by atoms with Crippen LogP contribution in [0.15, 0.2) is 66.7 Å². The Bertz CT molecular complexity index is 1210. The van der Waals surface area contributed by atoms with E-state index in [4.69, 9.17) is 18.9 Å². The number of piperidine rings is 1. The van der Waals surface area contributed by atoms with Gasteiger partial charge in [-0.1, -0.05) is 12.1 Å². The average molecular weight is 491 g/mol. The van der Waals surface area contributed by atoms with Crippen molar-refractivity contribution in [3.63, 3.8) is 0 Å². The molecule has 1 fully saturated rings. The molecule has 1 aliphatic heterocycles. The predicted molar refractivity (Wildman–Crippen MR) is 137 cm³/mol. The lowest BCUT2D eigenvalue weighted by Crippen LogP contribution is -2.47. The summed E-state index contributed by atoms with van der Waals surface area (Å²) in [5.74, 6) is 1.73. The third kappa shape index (κ3) is 5.07. The Morgan fingerprint density at radius 3 is 1.97 bits per heavy atom. The predicted octanol–water partition coefficient (Wildman–Crippen LogP) is 4.84. The van der Waals surface area contributed by atoms with E-state index in [1.165, 1.54) is 7.11 Å². The normalized spacial score (nSPS) is 17.3. The SMILES string of the molecule is COc1ccc([C@@H]2[C@@H](C(=O)Nc3ccc(OC)cc3OC)CCC(=O)N2c2ccc(OC)cc2)cc1. The summed E-state index contributed by atoms with van der Waals surface area (Å²) >= 11 is 0. The van der Waals surface area contributed by atoms with E-state index < -0.39 is 12.0 Å². The number of nitrogens with one attached hydrogen (secondary N) is 1. The van der Waals surface area contributed by atoms with Gasteiger partial charge in [-0.25, -0.2) is 0 Å². The van der Waals surface area contributed by atoms with Crippen LogP contribution < -0.4 is 29.2 Å². The maximum absolute atomic E-state index is 13.7. The zero-order chi connectivity index (χ0) is 25.7. The maximum atomic E-state index is 13.7. The molecule has 1 saturated heterocycles. The van der Waals surface area contributed by atoms with E-state index in [-0.39, 0.29) is 18.2 Å². The lowest BCUT2D eigenvalue weighted by molar-refractivity contribution is -0.125. The number of nitrogens with zero attached hydrogens (tertiary/aromatic N) is 1. The van der Waals surface area contributed by atoms with Crippen LogP contribution >= 0.6 is 0 Å². The minimum absolute atomic E-state index is 0.0490. The second kappa shape index (κ2) is 11.0. The third-order valence-corrected chi connectivity index (χ3v) is 6.41. The number of methoxy groups -OCH3 is 4. The van der Waals surface area contributed by atoms with Crippen LogP contribution in [0.4, 0.5) is 11.4 Å². The number of carbonyl (C=O) groups excluding carboxylic acids is 2. The summed E-state index contributed by atoms with van der Waals surface area (Å²) in [5, 5.41) is 3.01. The fourth-order valence-electron chi connectivity index (χ4n) is 4.52. The van der Waals surface area contributed by atoms with Crippen LogP contribution in [0, 0.1) is 5.92 Å². The van der Waals surface area contributed by atoms with Gasteiger partial charge in [0.15, 0.2) is 0 Å². The molecule has 0 spiro atoms. The Balaban J connectivity index is 1.72. The molecule has 0 saturated carbocycles. The van der Waals surface area contributed by atoms with E-state index in [9.17, 15) is 9.59 Å². The van der Waals surface area contributed by atoms with E-state index in [0.717, 1.165) is 5.56 Å². The number of rotatable bonds is 8. The first-order valence-electron chi connectivity index (χ1n) is 11.6. The second-order valence-electron chi connectivity index (χ2n) is 8.38. The van der Waals surface area contributed by atoms with Gasteiger partial charge >= 0.3 is 0 Å². The molecule has 0 aliphatic carbocycles. The van der Waals surface area contributed by atoms with Crippen molar-refractivity contribution in [3.05, 3.63) is 72.3 Å². The molecule has 3 aromatic carbocycles. The van der Waals surface area contributed by atoms with Gasteiger partial charge in [-0.2, -0.15) is 0 Å². The van der Waals surface area contributed by atoms with Crippen molar-refractivity contribution < 1.29 is 28.5 Å². The molecule has 2 amide bonds. The summed E-state index contributed by atoms with van der Waals surface area (Å²) in [7, 11) is 6.30. The molecule has 4 rings (SSSR count).